The second kappa shape index (κ2) is 16.7. The smallest absolute Gasteiger partial charge is 0.383 e. The third kappa shape index (κ3) is 9.17. The molecule has 0 unspecified atom stereocenters. The van der Waals surface area contributed by atoms with Crippen LogP contribution < -0.4 is 5.43 Å². The Bertz CT molecular complexity index is 2710. The number of methoxy groups -OCH3 is 1. The summed E-state index contributed by atoms with van der Waals surface area (Å²) in [5.41, 5.74) is -6.08. The third-order valence-electron chi connectivity index (χ3n) is 8.52. The van der Waals surface area contributed by atoms with E-state index in [1.165, 1.54) is 48.2 Å². The Morgan fingerprint density at radius 3 is 2.40 bits per heavy atom. The van der Waals surface area contributed by atoms with Gasteiger partial charge in [0.25, 0.3) is 0 Å². The number of amides is 1. The lowest BCUT2D eigenvalue weighted by Gasteiger charge is -2.39. The molecule has 1 aromatic heterocycles. The van der Waals surface area contributed by atoms with Crippen molar-refractivity contribution in [3.05, 3.63) is 135 Å². The van der Waals surface area contributed by atoms with E-state index in [-0.39, 0.29) is 48.8 Å². The van der Waals surface area contributed by atoms with Gasteiger partial charge in [0, 0.05) is 67.3 Å². The van der Waals surface area contributed by atoms with Crippen LogP contribution in [0.4, 0.5) is 22.0 Å². The molecule has 1 saturated heterocycles. The molecule has 0 N–H and O–H groups in total. The minimum Gasteiger partial charge on any atom is -0.383 e. The molecule has 1 fully saturated rings. The molecule has 6 nitrogen and oxygen atoms in total. The summed E-state index contributed by atoms with van der Waals surface area (Å²) in [6.45, 7) is -6.14. The molecule has 2 heterocycles. The van der Waals surface area contributed by atoms with Crippen molar-refractivity contribution in [3.63, 3.8) is 0 Å². The van der Waals surface area contributed by atoms with Crippen molar-refractivity contribution in [1.29, 1.82) is 0 Å². The number of ether oxygens (including phenoxy) is 1. The third-order valence-corrected chi connectivity index (χ3v) is 9.36. The maximum Gasteiger partial charge on any atom is 0.416 e. The first kappa shape index (κ1) is 24.7. The summed E-state index contributed by atoms with van der Waals surface area (Å²) in [7, 11) is -2.92. The maximum absolute atomic E-state index is 15.1. The number of rotatable bonds is 12. The fraction of sp³-hybridized carbons (Fsp3) is 0.317. The number of hydrogen-bond donors (Lipinski definition) is 0. The molecule has 4 aromatic carbocycles. The highest BCUT2D eigenvalue weighted by atomic mass is 32.2. The Labute approximate surface area is 327 Å². The van der Waals surface area contributed by atoms with Gasteiger partial charge >= 0.3 is 6.18 Å². The first-order chi connectivity index (χ1) is 30.5. The van der Waals surface area contributed by atoms with Gasteiger partial charge in [0.05, 0.1) is 35.0 Å². The molecule has 12 heteroatoms. The zero-order chi connectivity index (χ0) is 49.1. The second-order valence-corrected chi connectivity index (χ2v) is 12.9. The van der Waals surface area contributed by atoms with Gasteiger partial charge in [-0.3, -0.25) is 9.59 Å². The van der Waals surface area contributed by atoms with E-state index >= 15 is 9.18 Å². The van der Waals surface area contributed by atoms with Crippen LogP contribution in [0.2, 0.25) is 0 Å². The molecule has 0 radical (unpaired) electrons. The molecule has 1 aliphatic rings. The fourth-order valence-corrected chi connectivity index (χ4v) is 6.58. The summed E-state index contributed by atoms with van der Waals surface area (Å²) < 4.78 is 185. The van der Waals surface area contributed by atoms with Gasteiger partial charge in [0.2, 0.25) is 5.91 Å². The predicted octanol–water partition coefficient (Wildman–Crippen LogP) is 8.71. The maximum atomic E-state index is 15.1. The van der Waals surface area contributed by atoms with Gasteiger partial charge in [-0.1, -0.05) is 54.6 Å². The average molecular weight is 763 g/mol. The van der Waals surface area contributed by atoms with Crippen molar-refractivity contribution in [3.8, 4) is 11.1 Å². The standard InChI is InChI=1S/C41H40F5N3O3S/c1-27-6-15-34-36(22-27)49(39(23-37(34)50)53-26-31-4-3-5-35(42)40(31)43)25-38(51)48(33-16-18-47(19-17-33)20-21-52-2)24-28-7-9-29(10-8-28)30-11-13-32(14-12-30)41(44,45)46/h3-15,22-23,33H,16-21,24-26H2,1-2H3/i2D3,6D,15D,20D2,22D,23D,24D2,26D2. The highest BCUT2D eigenvalue weighted by molar-refractivity contribution is 7.98. The van der Waals surface area contributed by atoms with Crippen LogP contribution in [0, 0.1) is 18.6 Å². The van der Waals surface area contributed by atoms with E-state index in [1.807, 2.05) is 0 Å². The SMILES string of the molecule is [2H]c1c(C)c([2H])c2c(c1[2H])c(=O)c([2H])c(SC([2H])([2H])c1cccc(F)c1F)n2CC(=O)N(C1CCN(C([2H])([2H])COC([2H])([2H])[2H])CC1)C([2H])([2H])c1ccc(-c2ccc(C(F)(F)F)cc2)cc1. The molecule has 1 aliphatic heterocycles. The number of aromatic nitrogens is 1. The zero-order valence-electron chi connectivity index (χ0n) is 41.0. The number of piperidine rings is 1. The Hall–Kier alpha value is -4.52. The number of benzene rings is 4. The van der Waals surface area contributed by atoms with Gasteiger partial charge in [-0.2, -0.15) is 13.2 Å². The minimum absolute atomic E-state index is 0.0164. The van der Waals surface area contributed by atoms with E-state index < -0.39 is 125 Å². The first-order valence-electron chi connectivity index (χ1n) is 22.7. The molecule has 1 amide bonds. The molecule has 5 aromatic rings. The molecule has 0 bridgehead atoms. The van der Waals surface area contributed by atoms with Gasteiger partial charge < -0.3 is 19.1 Å². The monoisotopic (exact) mass is 762 g/mol. The first-order valence-corrected chi connectivity index (χ1v) is 17.1. The van der Waals surface area contributed by atoms with Crippen LogP contribution in [0.15, 0.2) is 101 Å². The van der Waals surface area contributed by atoms with Crippen molar-refractivity contribution >= 4 is 28.6 Å². The van der Waals surface area contributed by atoms with Crippen LogP contribution >= 0.6 is 11.8 Å². The van der Waals surface area contributed by atoms with Gasteiger partial charge in [-0.15, -0.1) is 11.8 Å². The number of carbonyl (C=O) groups excluding carboxylic acids is 1. The molecular weight excluding hydrogens is 710 g/mol. The number of halogens is 5. The molecule has 0 spiro atoms. The normalized spacial score (nSPS) is 18.8. The minimum atomic E-state index is -4.60. The lowest BCUT2D eigenvalue weighted by molar-refractivity contribution is -0.137. The van der Waals surface area contributed by atoms with Crippen molar-refractivity contribution in [2.75, 3.05) is 33.2 Å². The summed E-state index contributed by atoms with van der Waals surface area (Å²) in [6.07, 6.45) is -4.87. The Kier molecular flexibility index (Phi) is 7.77. The van der Waals surface area contributed by atoms with Gasteiger partial charge in [-0.25, -0.2) is 8.78 Å². The highest BCUT2D eigenvalue weighted by Gasteiger charge is 2.31. The highest BCUT2D eigenvalue weighted by Crippen LogP contribution is 2.32. The Morgan fingerprint density at radius 2 is 1.72 bits per heavy atom. The van der Waals surface area contributed by atoms with E-state index in [4.69, 9.17) is 19.8 Å². The van der Waals surface area contributed by atoms with Gasteiger partial charge in [0.15, 0.2) is 17.1 Å². The summed E-state index contributed by atoms with van der Waals surface area (Å²) in [5.74, 6) is -4.14. The van der Waals surface area contributed by atoms with Crippen LogP contribution in [0.25, 0.3) is 22.0 Å². The largest absolute Gasteiger partial charge is 0.416 e. The summed E-state index contributed by atoms with van der Waals surface area (Å²) in [5, 5.41) is -1.36. The number of fused-ring (bicyclic) bond motifs is 1. The van der Waals surface area contributed by atoms with Crippen LogP contribution in [-0.4, -0.2) is 59.5 Å². The molecule has 0 aliphatic carbocycles. The molecule has 53 heavy (non-hydrogen) atoms. The van der Waals surface area contributed by atoms with E-state index in [0.29, 0.717) is 11.1 Å². The number of nitrogens with zero attached hydrogens (tertiary/aromatic N) is 3. The van der Waals surface area contributed by atoms with Crippen molar-refractivity contribution in [2.45, 2.75) is 55.8 Å². The lowest BCUT2D eigenvalue weighted by Crippen LogP contribution is -2.48. The van der Waals surface area contributed by atoms with Crippen molar-refractivity contribution in [1.82, 2.24) is 14.4 Å². The molecule has 0 saturated carbocycles. The summed E-state index contributed by atoms with van der Waals surface area (Å²) >= 11 is 0.0164. The number of pyridine rings is 1. The predicted molar refractivity (Wildman–Crippen MR) is 198 cm³/mol. The number of alkyl halides is 3. The van der Waals surface area contributed by atoms with Crippen molar-refractivity contribution < 1.29 is 49.3 Å². The molecule has 278 valence electrons. The van der Waals surface area contributed by atoms with E-state index in [0.717, 1.165) is 39.8 Å². The van der Waals surface area contributed by atoms with Crippen molar-refractivity contribution in [2.24, 2.45) is 0 Å². The Morgan fingerprint density at radius 1 is 1.02 bits per heavy atom. The quantitative estimate of drug-likeness (QED) is 0.0941. The topological polar surface area (TPSA) is 54.8 Å². The number of likely N-dealkylation sites (tertiary alicyclic amines) is 1. The van der Waals surface area contributed by atoms with Crippen LogP contribution in [-0.2, 0) is 34.5 Å². The zero-order valence-corrected chi connectivity index (χ0v) is 28.9. The lowest BCUT2D eigenvalue weighted by atomic mass is 10.00. The van der Waals surface area contributed by atoms with Gasteiger partial charge in [0.1, 0.15) is 6.54 Å². The average Bonchev–Trinajstić information content (AvgIpc) is 3.24. The van der Waals surface area contributed by atoms with E-state index in [9.17, 15) is 25.1 Å². The number of carbonyl (C=O) groups is 1. The Balaban J connectivity index is 1.48. The van der Waals surface area contributed by atoms with Crippen LogP contribution in [0.1, 0.15) is 52.9 Å². The molecule has 0 atom stereocenters. The second-order valence-electron chi connectivity index (χ2n) is 12.1. The fourth-order valence-electron chi connectivity index (χ4n) is 5.80. The van der Waals surface area contributed by atoms with Crippen LogP contribution in [0.5, 0.6) is 0 Å². The molecule has 6 rings (SSSR count). The van der Waals surface area contributed by atoms with Crippen LogP contribution in [0.3, 0.4) is 0 Å². The summed E-state index contributed by atoms with van der Waals surface area (Å²) in [6, 6.07) is 8.26. The van der Waals surface area contributed by atoms with E-state index in [1.54, 1.807) is 0 Å². The number of hydrogen-bond acceptors (Lipinski definition) is 5. The molecular formula is C41H40F5N3O3S. The summed E-state index contributed by atoms with van der Waals surface area (Å²) in [4.78, 5) is 31.0. The number of thioether (sulfide) groups is 1. The van der Waals surface area contributed by atoms with E-state index in [2.05, 4.69) is 0 Å². The van der Waals surface area contributed by atoms with Gasteiger partial charge in [-0.05, 0) is 72.3 Å².